The van der Waals surface area contributed by atoms with Crippen LogP contribution in [0.4, 0.5) is 132 Å². The van der Waals surface area contributed by atoms with Gasteiger partial charge in [-0.15, -0.1) is 0 Å². The van der Waals surface area contributed by atoms with Crippen molar-refractivity contribution in [2.75, 3.05) is 20.1 Å². The number of rotatable bonds is 40. The summed E-state index contributed by atoms with van der Waals surface area (Å²) in [5.41, 5.74) is -16.1. The van der Waals surface area contributed by atoms with Crippen molar-refractivity contribution in [3.05, 3.63) is 191 Å². The molecule has 0 bridgehead atoms. The lowest BCUT2D eigenvalue weighted by Crippen LogP contribution is -2.60. The van der Waals surface area contributed by atoms with Gasteiger partial charge in [0.1, 0.15) is 5.15 Å². The lowest BCUT2D eigenvalue weighted by molar-refractivity contribution is 0.314. The number of hydrogen-bond acceptors (Lipinski definition) is 2. The number of H-pyrrole nitrogens is 1. The largest absolute Gasteiger partial charge is 0.334 e. The maximum atomic E-state index is 14.4. The average molecular weight is 1700 g/mol. The van der Waals surface area contributed by atoms with Gasteiger partial charge in [-0.05, 0) is 33.0 Å². The fourth-order valence-electron chi connectivity index (χ4n) is 12.4. The van der Waals surface area contributed by atoms with Crippen LogP contribution in [0.2, 0.25) is 10.3 Å². The minimum Gasteiger partial charge on any atom is -0.334 e. The van der Waals surface area contributed by atoms with Gasteiger partial charge in [-0.3, -0.25) is 0 Å². The fraction of sp³-hybridized carbons (Fsp3) is 0.487. The third kappa shape index (κ3) is 26.0. The molecule has 628 valence electrons. The van der Waals surface area contributed by atoms with Crippen LogP contribution in [-0.2, 0) is 0 Å². The van der Waals surface area contributed by atoms with Crippen molar-refractivity contribution in [2.24, 2.45) is 0 Å². The summed E-state index contributed by atoms with van der Waals surface area (Å²) >= 11 is 10.7. The predicted octanol–water partition coefficient (Wildman–Crippen LogP) is 23.7. The Morgan fingerprint density at radius 2 is 0.363 bits per heavy atom. The van der Waals surface area contributed by atoms with Crippen molar-refractivity contribution in [2.45, 2.75) is 219 Å². The van der Waals surface area contributed by atoms with Gasteiger partial charge in [0.2, 0.25) is 0 Å². The van der Waals surface area contributed by atoms with Gasteiger partial charge in [0, 0.05) is 32.8 Å². The van der Waals surface area contributed by atoms with Crippen molar-refractivity contribution < 1.29 is 132 Å². The average Bonchev–Trinajstić information content (AvgIpc) is 0.850. The highest BCUT2D eigenvalue weighted by molar-refractivity contribution is 6.96. The van der Waals surface area contributed by atoms with Crippen molar-refractivity contribution in [1.82, 2.24) is 14.9 Å². The first kappa shape index (κ1) is 98.5. The van der Waals surface area contributed by atoms with E-state index in [2.05, 4.69) is 35.8 Å². The molecule has 1 N–H and O–H groups in total. The number of nitrogens with one attached hydrogen (secondary N) is 1. The van der Waals surface area contributed by atoms with Crippen molar-refractivity contribution >= 4 is 69.4 Å². The number of aromatic nitrogens is 2. The molecule has 0 atom stereocenters. The van der Waals surface area contributed by atoms with Crippen molar-refractivity contribution in [1.29, 1.82) is 0 Å². The molecular formula is C76H79B2Cl2F30N3. The molecule has 0 unspecified atom stereocenters. The lowest BCUT2D eigenvalue weighted by Gasteiger charge is -2.21. The summed E-state index contributed by atoms with van der Waals surface area (Å²) in [6.45, 7) is -0.671. The highest BCUT2D eigenvalue weighted by Crippen LogP contribution is 2.28. The Labute approximate surface area is 644 Å². The second kappa shape index (κ2) is 48.6. The molecule has 3 nitrogen and oxygen atoms in total. The van der Waals surface area contributed by atoms with Crippen LogP contribution >= 0.6 is 23.2 Å². The molecule has 0 amide bonds. The van der Waals surface area contributed by atoms with Gasteiger partial charge < -0.3 is 9.88 Å². The zero-order valence-electron chi connectivity index (χ0n) is 61.3. The molecule has 7 aromatic rings. The van der Waals surface area contributed by atoms with Crippen LogP contribution in [0.5, 0.6) is 0 Å². The topological polar surface area (TPSA) is 31.9 Å². The van der Waals surface area contributed by atoms with Crippen molar-refractivity contribution in [3.63, 3.8) is 0 Å². The quantitative estimate of drug-likeness (QED) is 0.0136. The second-order valence-electron chi connectivity index (χ2n) is 26.7. The molecule has 0 fully saturated rings. The van der Waals surface area contributed by atoms with Gasteiger partial charge in [0.05, 0.1) is 6.33 Å². The Bertz CT molecular complexity index is 3480. The van der Waals surface area contributed by atoms with Crippen LogP contribution in [-0.4, -0.2) is 48.4 Å². The van der Waals surface area contributed by atoms with E-state index in [0.29, 0.717) is 10.3 Å². The summed E-state index contributed by atoms with van der Waals surface area (Å²) < 4.78 is 417. The van der Waals surface area contributed by atoms with Gasteiger partial charge >= 0.3 is 0 Å². The first-order valence-electron chi connectivity index (χ1n) is 36.5. The maximum Gasteiger partial charge on any atom is 0.265 e. The summed E-state index contributed by atoms with van der Waals surface area (Å²) in [6, 6.07) is 0. The van der Waals surface area contributed by atoms with E-state index in [1.165, 1.54) is 225 Å². The van der Waals surface area contributed by atoms with Gasteiger partial charge in [-0.1, -0.05) is 230 Å². The Hall–Kier alpha value is -6.90. The van der Waals surface area contributed by atoms with Gasteiger partial charge in [-0.25, -0.2) is 137 Å². The standard InChI is InChI=1S/C37H77N.2C18BF15.C3H2Cl2N2/c1-4-6-8-10-12-14-16-18-20-22-24-26-28-30-32-34-36-38(3)37-35-33-31-29-27-25-23-21-19-17-15-13-11-9-7-5-2;2*20-4-1(5(21)11(27)16(32)10(4)26)19(2-6(22)12(28)17(33)13(29)7(2)23)3-8(24)14(30)18(34)15(31)9(3)25;4-2-3(5)7-1-6-2/h4-37H2,1-3H3;;;1H,(H,6,7). The van der Waals surface area contributed by atoms with Crippen LogP contribution in [0.15, 0.2) is 6.33 Å². The highest BCUT2D eigenvalue weighted by Gasteiger charge is 2.48. The number of aromatic amines is 1. The molecule has 0 aliphatic heterocycles. The minimum absolute atomic E-state index is 0.321. The molecule has 1 aromatic heterocycles. The molecule has 0 saturated carbocycles. The van der Waals surface area contributed by atoms with E-state index in [1.54, 1.807) is 0 Å². The molecule has 1 heterocycles. The SMILES string of the molecule is CCCCCCCCCCCCCCCCCCN(C)CCCCCCCCCCCCCCCCCC.Clc1nc[nH]c1Cl.Fc1c(F)c(F)c(B(c2c(F)c(F)c(F)c(F)c2F)c2c(F)c(F)c(F)c(F)c2F)c(F)c1F.Fc1c(F)c(F)c(B(c2c(F)c(F)c(F)c(F)c2F)c2c(F)c(F)c(F)c(F)c2F)c(F)c1F. The predicted molar refractivity (Wildman–Crippen MR) is 372 cm³/mol. The zero-order chi connectivity index (χ0) is 84.8. The van der Waals surface area contributed by atoms with Gasteiger partial charge in [-0.2, -0.15) is 0 Å². The molecule has 113 heavy (non-hydrogen) atoms. The third-order valence-corrected chi connectivity index (χ3v) is 19.2. The van der Waals surface area contributed by atoms with Crippen LogP contribution in [0, 0.1) is 175 Å². The maximum absolute atomic E-state index is 14.4. The number of unbranched alkanes of at least 4 members (excludes halogenated alkanes) is 30. The molecule has 0 aliphatic rings. The summed E-state index contributed by atoms with van der Waals surface area (Å²) in [7, 11) is 2.34. The molecule has 37 heteroatoms. The van der Waals surface area contributed by atoms with E-state index in [1.807, 2.05) is 0 Å². The molecule has 0 saturated heterocycles. The number of hydrogen-bond donors (Lipinski definition) is 1. The van der Waals surface area contributed by atoms with Crippen LogP contribution < -0.4 is 32.8 Å². The Kier molecular flexibility index (Phi) is 42.3. The normalized spacial score (nSPS) is 11.4. The highest BCUT2D eigenvalue weighted by atomic mass is 35.5. The zero-order valence-corrected chi connectivity index (χ0v) is 62.8. The van der Waals surface area contributed by atoms with Gasteiger partial charge in [0.25, 0.3) is 13.4 Å². The number of imidazole rings is 1. The van der Waals surface area contributed by atoms with E-state index in [0.717, 1.165) is 0 Å². The molecular weight excluding hydrogens is 1620 g/mol. The number of benzene rings is 6. The molecule has 7 rings (SSSR count). The monoisotopic (exact) mass is 1700 g/mol. The summed E-state index contributed by atoms with van der Waals surface area (Å²) in [5, 5.41) is 0.711. The molecule has 6 aromatic carbocycles. The van der Waals surface area contributed by atoms with Crippen molar-refractivity contribution in [3.8, 4) is 0 Å². The lowest BCUT2D eigenvalue weighted by atomic mass is 9.36. The minimum atomic E-state index is -3.96. The van der Waals surface area contributed by atoms with E-state index in [4.69, 9.17) is 23.2 Å². The Balaban J connectivity index is 0.000000341. The third-order valence-electron chi connectivity index (χ3n) is 18.5. The summed E-state index contributed by atoms with van der Waals surface area (Å²) in [6.07, 6.45) is 48.3. The summed E-state index contributed by atoms with van der Waals surface area (Å²) in [5.74, 6) is -90.4. The van der Waals surface area contributed by atoms with E-state index in [9.17, 15) is 132 Å². The Morgan fingerprint density at radius 3 is 0.478 bits per heavy atom. The van der Waals surface area contributed by atoms with Crippen LogP contribution in [0.25, 0.3) is 0 Å². The summed E-state index contributed by atoms with van der Waals surface area (Å²) in [4.78, 5) is 8.78. The number of nitrogens with zero attached hydrogens (tertiary/aromatic N) is 2. The number of halogens is 32. The fourth-order valence-corrected chi connectivity index (χ4v) is 12.6. The molecule has 0 aliphatic carbocycles. The smallest absolute Gasteiger partial charge is 0.265 e. The first-order chi connectivity index (χ1) is 53.4. The van der Waals surface area contributed by atoms with E-state index in [-0.39, 0.29) is 0 Å². The van der Waals surface area contributed by atoms with Gasteiger partial charge in [0.15, 0.2) is 180 Å². The molecule has 0 radical (unpaired) electrons. The first-order valence-corrected chi connectivity index (χ1v) is 37.3. The van der Waals surface area contributed by atoms with Crippen LogP contribution in [0.1, 0.15) is 219 Å². The van der Waals surface area contributed by atoms with E-state index >= 15 is 0 Å². The molecule has 0 spiro atoms. The second-order valence-corrected chi connectivity index (χ2v) is 27.4. The van der Waals surface area contributed by atoms with E-state index < -0.39 is 221 Å². The Morgan fingerprint density at radius 1 is 0.230 bits per heavy atom. The van der Waals surface area contributed by atoms with Crippen LogP contribution in [0.3, 0.4) is 0 Å².